The molecule has 22 heavy (non-hydrogen) atoms. The normalized spacial score (nSPS) is 11.0. The molecule has 6 heteroatoms. The molecule has 0 aliphatic carbocycles. The van der Waals surface area contributed by atoms with Gasteiger partial charge in [0.25, 0.3) is 0 Å². The first-order chi connectivity index (χ1) is 10.7. The lowest BCUT2D eigenvalue weighted by molar-refractivity contribution is 0.628. The average Bonchev–Trinajstić information content (AvgIpc) is 2.99. The van der Waals surface area contributed by atoms with Crippen LogP contribution in [0.15, 0.2) is 59.0 Å². The van der Waals surface area contributed by atoms with Gasteiger partial charge in [-0.1, -0.05) is 23.7 Å². The van der Waals surface area contributed by atoms with E-state index in [0.717, 1.165) is 16.8 Å². The third-order valence-electron chi connectivity index (χ3n) is 2.89. The summed E-state index contributed by atoms with van der Waals surface area (Å²) in [4.78, 5) is 4.41. The fourth-order valence-corrected chi connectivity index (χ4v) is 2.58. The summed E-state index contributed by atoms with van der Waals surface area (Å²) in [5, 5.41) is 7.39. The second-order valence-electron chi connectivity index (χ2n) is 4.47. The zero-order valence-electron chi connectivity index (χ0n) is 11.3. The molecular formula is C16H11ClFN3S. The van der Waals surface area contributed by atoms with E-state index < -0.39 is 0 Å². The molecule has 0 aliphatic rings. The van der Waals surface area contributed by atoms with Gasteiger partial charge >= 0.3 is 0 Å². The highest BCUT2D eigenvalue weighted by Gasteiger charge is 2.03. The number of hydrogen-bond donors (Lipinski definition) is 1. The Morgan fingerprint density at radius 2 is 1.82 bits per heavy atom. The Bertz CT molecular complexity index is 782. The van der Waals surface area contributed by atoms with Crippen molar-refractivity contribution in [2.45, 2.75) is 0 Å². The number of halogens is 2. The molecule has 0 fully saturated rings. The van der Waals surface area contributed by atoms with Crippen LogP contribution in [0, 0.1) is 5.82 Å². The molecule has 0 saturated heterocycles. The first-order valence-electron chi connectivity index (χ1n) is 6.47. The van der Waals surface area contributed by atoms with Gasteiger partial charge in [0.05, 0.1) is 11.9 Å². The highest BCUT2D eigenvalue weighted by molar-refractivity contribution is 7.14. The molecule has 0 atom stereocenters. The van der Waals surface area contributed by atoms with Crippen LogP contribution in [0.1, 0.15) is 5.56 Å². The van der Waals surface area contributed by atoms with Crippen LogP contribution < -0.4 is 5.43 Å². The number of anilines is 1. The van der Waals surface area contributed by atoms with E-state index in [-0.39, 0.29) is 5.82 Å². The van der Waals surface area contributed by atoms with Crippen LogP contribution in [-0.2, 0) is 0 Å². The van der Waals surface area contributed by atoms with Gasteiger partial charge in [-0.3, -0.25) is 5.43 Å². The van der Waals surface area contributed by atoms with E-state index in [1.165, 1.54) is 23.5 Å². The zero-order valence-corrected chi connectivity index (χ0v) is 12.9. The number of nitrogens with one attached hydrogen (secondary N) is 1. The van der Waals surface area contributed by atoms with Crippen LogP contribution in [0.3, 0.4) is 0 Å². The molecule has 0 spiro atoms. The van der Waals surface area contributed by atoms with Crippen LogP contribution in [0.25, 0.3) is 11.3 Å². The van der Waals surface area contributed by atoms with E-state index in [2.05, 4.69) is 15.5 Å². The van der Waals surface area contributed by atoms with E-state index in [4.69, 9.17) is 11.6 Å². The minimum Gasteiger partial charge on any atom is -0.253 e. The molecule has 0 aliphatic heterocycles. The van der Waals surface area contributed by atoms with Crippen LogP contribution in [0.5, 0.6) is 0 Å². The second kappa shape index (κ2) is 6.68. The van der Waals surface area contributed by atoms with Gasteiger partial charge in [0, 0.05) is 16.0 Å². The van der Waals surface area contributed by atoms with Crippen molar-refractivity contribution in [2.24, 2.45) is 5.10 Å². The summed E-state index contributed by atoms with van der Waals surface area (Å²) < 4.78 is 12.9. The summed E-state index contributed by atoms with van der Waals surface area (Å²) >= 11 is 7.26. The highest BCUT2D eigenvalue weighted by Crippen LogP contribution is 2.24. The summed E-state index contributed by atoms with van der Waals surface area (Å²) in [7, 11) is 0. The maximum absolute atomic E-state index is 12.9. The maximum Gasteiger partial charge on any atom is 0.203 e. The smallest absolute Gasteiger partial charge is 0.203 e. The van der Waals surface area contributed by atoms with Crippen molar-refractivity contribution in [3.05, 3.63) is 70.3 Å². The van der Waals surface area contributed by atoms with Gasteiger partial charge in [-0.15, -0.1) is 11.3 Å². The van der Waals surface area contributed by atoms with Crippen molar-refractivity contribution >= 4 is 34.3 Å². The molecule has 3 aromatic rings. The molecule has 0 bridgehead atoms. The second-order valence-corrected chi connectivity index (χ2v) is 5.76. The van der Waals surface area contributed by atoms with Gasteiger partial charge in [0.2, 0.25) is 5.13 Å². The van der Waals surface area contributed by atoms with Crippen molar-refractivity contribution in [3.8, 4) is 11.3 Å². The number of benzene rings is 2. The third kappa shape index (κ3) is 3.69. The summed E-state index contributed by atoms with van der Waals surface area (Å²) in [5.74, 6) is -0.259. The SMILES string of the molecule is Fc1ccc(-c2csc(N/N=C/c3ccc(Cl)cc3)n2)cc1. The summed E-state index contributed by atoms with van der Waals surface area (Å²) in [6, 6.07) is 13.6. The van der Waals surface area contributed by atoms with Crippen LogP contribution >= 0.6 is 22.9 Å². The first-order valence-corrected chi connectivity index (χ1v) is 7.72. The lowest BCUT2D eigenvalue weighted by Crippen LogP contribution is -1.90. The molecule has 1 heterocycles. The Kier molecular flexibility index (Phi) is 4.46. The molecule has 3 nitrogen and oxygen atoms in total. The highest BCUT2D eigenvalue weighted by atomic mass is 35.5. The fraction of sp³-hybridized carbons (Fsp3) is 0. The molecule has 1 N–H and O–H groups in total. The molecule has 0 radical (unpaired) electrons. The lowest BCUT2D eigenvalue weighted by Gasteiger charge is -1.96. The van der Waals surface area contributed by atoms with E-state index >= 15 is 0 Å². The number of nitrogens with zero attached hydrogens (tertiary/aromatic N) is 2. The van der Waals surface area contributed by atoms with Crippen LogP contribution in [0.2, 0.25) is 5.02 Å². The van der Waals surface area contributed by atoms with Crippen molar-refractivity contribution in [1.82, 2.24) is 4.98 Å². The molecule has 0 saturated carbocycles. The lowest BCUT2D eigenvalue weighted by atomic mass is 10.2. The maximum atomic E-state index is 12.9. The van der Waals surface area contributed by atoms with Crippen molar-refractivity contribution in [1.29, 1.82) is 0 Å². The largest absolute Gasteiger partial charge is 0.253 e. The predicted octanol–water partition coefficient (Wildman–Crippen LogP) is 5.05. The van der Waals surface area contributed by atoms with Crippen molar-refractivity contribution in [3.63, 3.8) is 0 Å². The minimum absolute atomic E-state index is 0.259. The average molecular weight is 332 g/mol. The Labute approximate surface area is 136 Å². The zero-order chi connectivity index (χ0) is 15.4. The standard InChI is InChI=1S/C16H11ClFN3S/c17-13-5-1-11(2-6-13)9-19-21-16-20-15(10-22-16)12-3-7-14(18)8-4-12/h1-10H,(H,20,21)/b19-9+. The number of aromatic nitrogens is 1. The van der Waals surface area contributed by atoms with E-state index in [1.807, 2.05) is 17.5 Å². The monoisotopic (exact) mass is 331 g/mol. The molecule has 110 valence electrons. The molecule has 1 aromatic heterocycles. The topological polar surface area (TPSA) is 37.3 Å². The van der Waals surface area contributed by atoms with Gasteiger partial charge in [0.1, 0.15) is 5.82 Å². The minimum atomic E-state index is -0.259. The number of thiazole rings is 1. The summed E-state index contributed by atoms with van der Waals surface area (Å²) in [6.07, 6.45) is 1.69. The molecular weight excluding hydrogens is 321 g/mol. The van der Waals surface area contributed by atoms with Gasteiger partial charge < -0.3 is 0 Å². The Morgan fingerprint density at radius 3 is 2.55 bits per heavy atom. The van der Waals surface area contributed by atoms with Crippen LogP contribution in [-0.4, -0.2) is 11.2 Å². The van der Waals surface area contributed by atoms with Crippen LogP contribution in [0.4, 0.5) is 9.52 Å². The fourth-order valence-electron chi connectivity index (χ4n) is 1.79. The molecule has 0 unspecified atom stereocenters. The van der Waals surface area contributed by atoms with E-state index in [0.29, 0.717) is 10.2 Å². The molecule has 0 amide bonds. The van der Waals surface area contributed by atoms with Crippen molar-refractivity contribution < 1.29 is 4.39 Å². The molecule has 2 aromatic carbocycles. The van der Waals surface area contributed by atoms with Gasteiger partial charge in [0.15, 0.2) is 0 Å². The van der Waals surface area contributed by atoms with Gasteiger partial charge in [-0.05, 0) is 42.0 Å². The third-order valence-corrected chi connectivity index (χ3v) is 3.89. The van der Waals surface area contributed by atoms with E-state index in [9.17, 15) is 4.39 Å². The van der Waals surface area contributed by atoms with Gasteiger partial charge in [-0.2, -0.15) is 5.10 Å². The summed E-state index contributed by atoms with van der Waals surface area (Å²) in [5.41, 5.74) is 5.47. The van der Waals surface area contributed by atoms with Gasteiger partial charge in [-0.25, -0.2) is 9.37 Å². The predicted molar refractivity (Wildman–Crippen MR) is 90.2 cm³/mol. The Hall–Kier alpha value is -2.24. The van der Waals surface area contributed by atoms with E-state index in [1.54, 1.807) is 30.5 Å². The summed E-state index contributed by atoms with van der Waals surface area (Å²) in [6.45, 7) is 0. The number of hydrazone groups is 1. The Balaban J connectivity index is 1.66. The first kappa shape index (κ1) is 14.7. The van der Waals surface area contributed by atoms with Crippen molar-refractivity contribution in [2.75, 3.05) is 5.43 Å². The number of rotatable bonds is 4. The molecule has 3 rings (SSSR count). The Morgan fingerprint density at radius 1 is 1.09 bits per heavy atom. The number of hydrogen-bond acceptors (Lipinski definition) is 4. The quantitative estimate of drug-likeness (QED) is 0.536.